The first-order valence-electron chi connectivity index (χ1n) is 11.0. The van der Waals surface area contributed by atoms with Crippen LogP contribution in [0.2, 0.25) is 5.02 Å². The van der Waals surface area contributed by atoms with Crippen LogP contribution < -0.4 is 20.1 Å². The Bertz CT molecular complexity index is 1230. The predicted octanol–water partition coefficient (Wildman–Crippen LogP) is 4.36. The van der Waals surface area contributed by atoms with Crippen molar-refractivity contribution in [2.24, 2.45) is 0 Å². The quantitative estimate of drug-likeness (QED) is 0.361. The van der Waals surface area contributed by atoms with Gasteiger partial charge >= 0.3 is 12.4 Å². The molecule has 36 heavy (non-hydrogen) atoms. The summed E-state index contributed by atoms with van der Waals surface area (Å²) in [5.74, 6) is -0.752. The highest BCUT2D eigenvalue weighted by Crippen LogP contribution is 2.38. The van der Waals surface area contributed by atoms with E-state index in [0.29, 0.717) is 30.0 Å². The van der Waals surface area contributed by atoms with Crippen LogP contribution in [0.25, 0.3) is 0 Å². The third-order valence-corrected chi connectivity index (χ3v) is 5.67. The fourth-order valence-corrected chi connectivity index (χ4v) is 3.56. The summed E-state index contributed by atoms with van der Waals surface area (Å²) in [7, 11) is 1.57. The molecule has 0 saturated heterocycles. The number of ether oxygens (including phenoxy) is 2. The lowest BCUT2D eigenvalue weighted by Gasteiger charge is -2.14. The van der Waals surface area contributed by atoms with Gasteiger partial charge in [-0.05, 0) is 43.5 Å². The standard InChI is InChI=1S/C23H23ClF3N5O4/c1-28-19-18(20(33)29-10-9-22(34)7-8-22)32(13-15-6-5-14(24)12-30-15)21(31-19)35-16-3-2-4-17(11-16)36-23(25,26)27/h2-6,11-12,28,34H,7-10,13H2,1H3,(H,29,33). The number of pyridine rings is 1. The Morgan fingerprint density at radius 3 is 2.64 bits per heavy atom. The van der Waals surface area contributed by atoms with Gasteiger partial charge in [0.05, 0.1) is 22.9 Å². The molecule has 2 heterocycles. The number of carbonyl (C=O) groups excluding carboxylic acids is 1. The molecule has 0 radical (unpaired) electrons. The van der Waals surface area contributed by atoms with Crippen molar-refractivity contribution in [3.05, 3.63) is 59.0 Å². The molecule has 1 amide bonds. The van der Waals surface area contributed by atoms with Crippen LogP contribution in [0.1, 0.15) is 35.4 Å². The van der Waals surface area contributed by atoms with Gasteiger partial charge in [-0.2, -0.15) is 4.98 Å². The van der Waals surface area contributed by atoms with Gasteiger partial charge in [0.25, 0.3) is 5.91 Å². The number of imidazole rings is 1. The number of aliphatic hydroxyl groups is 1. The van der Waals surface area contributed by atoms with Crippen LogP contribution in [-0.4, -0.2) is 51.1 Å². The number of amides is 1. The summed E-state index contributed by atoms with van der Waals surface area (Å²) in [4.78, 5) is 21.7. The summed E-state index contributed by atoms with van der Waals surface area (Å²) >= 11 is 5.93. The number of nitrogens with one attached hydrogen (secondary N) is 2. The molecule has 0 bridgehead atoms. The SMILES string of the molecule is CNc1nc(Oc2cccc(OC(F)(F)F)c2)n(Cc2ccc(Cl)cn2)c1C(=O)NCCC1(O)CC1. The van der Waals surface area contributed by atoms with Crippen molar-refractivity contribution in [1.82, 2.24) is 19.9 Å². The summed E-state index contributed by atoms with van der Waals surface area (Å²) in [5, 5.41) is 16.1. The minimum absolute atomic E-state index is 0.0117. The molecule has 1 aliphatic carbocycles. The zero-order chi connectivity index (χ0) is 25.9. The lowest BCUT2D eigenvalue weighted by atomic mass is 10.2. The number of aromatic nitrogens is 3. The molecular formula is C23H23ClF3N5O4. The maximum atomic E-state index is 13.1. The highest BCUT2D eigenvalue weighted by Gasteiger charge is 2.39. The van der Waals surface area contributed by atoms with Gasteiger partial charge in [-0.15, -0.1) is 13.2 Å². The minimum Gasteiger partial charge on any atom is -0.425 e. The van der Waals surface area contributed by atoms with Gasteiger partial charge in [-0.25, -0.2) is 0 Å². The Hall–Kier alpha value is -3.51. The molecule has 0 spiro atoms. The highest BCUT2D eigenvalue weighted by atomic mass is 35.5. The van der Waals surface area contributed by atoms with Crippen LogP contribution >= 0.6 is 11.6 Å². The van der Waals surface area contributed by atoms with E-state index < -0.39 is 23.6 Å². The Kier molecular flexibility index (Phi) is 7.27. The number of benzene rings is 1. The number of hydrogen-bond acceptors (Lipinski definition) is 7. The maximum Gasteiger partial charge on any atom is 0.573 e. The first-order chi connectivity index (χ1) is 17.0. The van der Waals surface area contributed by atoms with Gasteiger partial charge < -0.3 is 25.2 Å². The zero-order valence-corrected chi connectivity index (χ0v) is 19.9. The van der Waals surface area contributed by atoms with Crippen LogP contribution in [0.15, 0.2) is 42.6 Å². The fourth-order valence-electron chi connectivity index (χ4n) is 3.45. The van der Waals surface area contributed by atoms with E-state index in [0.717, 1.165) is 12.1 Å². The van der Waals surface area contributed by atoms with E-state index in [1.807, 2.05) is 0 Å². The van der Waals surface area contributed by atoms with E-state index in [9.17, 15) is 23.1 Å². The molecule has 0 unspecified atom stereocenters. The van der Waals surface area contributed by atoms with Crippen molar-refractivity contribution in [3.8, 4) is 17.5 Å². The average Bonchev–Trinajstić information content (AvgIpc) is 3.44. The summed E-state index contributed by atoms with van der Waals surface area (Å²) < 4.78 is 49.1. The maximum absolute atomic E-state index is 13.1. The van der Waals surface area contributed by atoms with Crippen molar-refractivity contribution in [1.29, 1.82) is 0 Å². The molecule has 1 aliphatic rings. The molecule has 2 aromatic heterocycles. The molecule has 13 heteroatoms. The van der Waals surface area contributed by atoms with Crippen molar-refractivity contribution >= 4 is 23.3 Å². The lowest BCUT2D eigenvalue weighted by molar-refractivity contribution is -0.274. The van der Waals surface area contributed by atoms with E-state index in [2.05, 4.69) is 25.3 Å². The Morgan fingerprint density at radius 1 is 1.25 bits per heavy atom. The number of nitrogens with zero attached hydrogens (tertiary/aromatic N) is 3. The van der Waals surface area contributed by atoms with Crippen LogP contribution in [0.3, 0.4) is 0 Å². The third kappa shape index (κ3) is 6.58. The van der Waals surface area contributed by atoms with Gasteiger partial charge in [-0.1, -0.05) is 17.7 Å². The number of rotatable bonds is 10. The molecule has 1 fully saturated rings. The van der Waals surface area contributed by atoms with Crippen molar-refractivity contribution in [2.75, 3.05) is 18.9 Å². The second-order valence-electron chi connectivity index (χ2n) is 8.25. The monoisotopic (exact) mass is 525 g/mol. The van der Waals surface area contributed by atoms with Crippen LogP contribution in [0.5, 0.6) is 17.5 Å². The summed E-state index contributed by atoms with van der Waals surface area (Å²) in [6.07, 6.45) is -1.62. The first kappa shape index (κ1) is 25.6. The van der Waals surface area contributed by atoms with E-state index in [1.54, 1.807) is 19.2 Å². The number of hydrogen-bond donors (Lipinski definition) is 3. The van der Waals surface area contributed by atoms with Gasteiger partial charge in [0.1, 0.15) is 11.5 Å². The summed E-state index contributed by atoms with van der Waals surface area (Å²) in [6, 6.07) is 8.18. The zero-order valence-electron chi connectivity index (χ0n) is 19.1. The highest BCUT2D eigenvalue weighted by molar-refractivity contribution is 6.30. The lowest BCUT2D eigenvalue weighted by Crippen LogP contribution is -2.30. The van der Waals surface area contributed by atoms with Gasteiger partial charge in [0.2, 0.25) is 0 Å². The minimum atomic E-state index is -4.87. The summed E-state index contributed by atoms with van der Waals surface area (Å²) in [6.45, 7) is 0.294. The Morgan fingerprint density at radius 2 is 2.00 bits per heavy atom. The molecule has 3 N–H and O–H groups in total. The Labute approximate surface area is 209 Å². The van der Waals surface area contributed by atoms with Crippen LogP contribution in [-0.2, 0) is 6.54 Å². The molecule has 1 saturated carbocycles. The topological polar surface area (TPSA) is 111 Å². The average molecular weight is 526 g/mol. The molecule has 4 rings (SSSR count). The fraction of sp³-hybridized carbons (Fsp3) is 0.348. The van der Waals surface area contributed by atoms with Crippen molar-refractivity contribution < 1.29 is 32.5 Å². The van der Waals surface area contributed by atoms with E-state index in [1.165, 1.54) is 22.9 Å². The molecule has 192 valence electrons. The first-order valence-corrected chi connectivity index (χ1v) is 11.4. The molecule has 0 aliphatic heterocycles. The largest absolute Gasteiger partial charge is 0.573 e. The molecular weight excluding hydrogens is 503 g/mol. The van der Waals surface area contributed by atoms with Gasteiger partial charge in [0.15, 0.2) is 11.5 Å². The van der Waals surface area contributed by atoms with Gasteiger partial charge in [0, 0.05) is 25.9 Å². The number of carbonyl (C=O) groups is 1. The van der Waals surface area contributed by atoms with Gasteiger partial charge in [-0.3, -0.25) is 14.3 Å². The molecule has 1 aromatic carbocycles. The third-order valence-electron chi connectivity index (χ3n) is 5.44. The van der Waals surface area contributed by atoms with Crippen LogP contribution in [0.4, 0.5) is 19.0 Å². The van der Waals surface area contributed by atoms with Crippen molar-refractivity contribution in [3.63, 3.8) is 0 Å². The molecule has 9 nitrogen and oxygen atoms in total. The number of alkyl halides is 3. The van der Waals surface area contributed by atoms with E-state index in [-0.39, 0.29) is 36.4 Å². The van der Waals surface area contributed by atoms with Crippen LogP contribution in [0, 0.1) is 0 Å². The predicted molar refractivity (Wildman–Crippen MR) is 124 cm³/mol. The Balaban J connectivity index is 1.65. The molecule has 0 atom stereocenters. The molecule has 3 aromatic rings. The second kappa shape index (κ2) is 10.2. The van der Waals surface area contributed by atoms with E-state index >= 15 is 0 Å². The smallest absolute Gasteiger partial charge is 0.425 e. The van der Waals surface area contributed by atoms with Crippen molar-refractivity contribution in [2.45, 2.75) is 37.8 Å². The normalized spacial score (nSPS) is 14.3. The number of halogens is 4. The summed E-state index contributed by atoms with van der Waals surface area (Å²) in [5.41, 5.74) is -0.0841. The van der Waals surface area contributed by atoms with E-state index in [4.69, 9.17) is 16.3 Å². The number of anilines is 1. The second-order valence-corrected chi connectivity index (χ2v) is 8.69.